The number of hydrogen-bond acceptors (Lipinski definition) is 2. The predicted octanol–water partition coefficient (Wildman–Crippen LogP) is 2.14. The molecule has 4 nitrogen and oxygen atoms in total. The average Bonchev–Trinajstić information content (AvgIpc) is 2.66. The minimum atomic E-state index is -0.443. The summed E-state index contributed by atoms with van der Waals surface area (Å²) in [6.45, 7) is 0.241. The Morgan fingerprint density at radius 3 is 2.94 bits per heavy atom. The molecule has 0 aliphatic carbocycles. The van der Waals surface area contributed by atoms with E-state index in [-0.39, 0.29) is 18.0 Å². The average molecular weight is 268 g/mol. The number of rotatable bonds is 3. The third-order valence-electron chi connectivity index (χ3n) is 2.51. The van der Waals surface area contributed by atoms with Crippen LogP contribution < -0.4 is 5.32 Å². The number of aryl methyl sites for hydroxylation is 1. The molecule has 0 fully saturated rings. The second-order valence-electron chi connectivity index (χ2n) is 3.76. The van der Waals surface area contributed by atoms with Crippen molar-refractivity contribution in [2.45, 2.75) is 6.54 Å². The molecule has 2 rings (SSSR count). The molecule has 0 saturated heterocycles. The maximum Gasteiger partial charge on any atom is 0.251 e. The first kappa shape index (κ1) is 12.6. The van der Waals surface area contributed by atoms with E-state index in [2.05, 4.69) is 10.4 Å². The van der Waals surface area contributed by atoms with Gasteiger partial charge in [0.1, 0.15) is 5.82 Å². The zero-order chi connectivity index (χ0) is 13.1. The van der Waals surface area contributed by atoms with Gasteiger partial charge in [-0.2, -0.15) is 5.10 Å². The van der Waals surface area contributed by atoms with E-state index in [4.69, 9.17) is 11.6 Å². The highest BCUT2D eigenvalue weighted by molar-refractivity contribution is 6.31. The van der Waals surface area contributed by atoms with Crippen LogP contribution in [0.1, 0.15) is 16.1 Å². The molecule has 2 aromatic rings. The topological polar surface area (TPSA) is 46.9 Å². The van der Waals surface area contributed by atoms with Crippen LogP contribution in [-0.4, -0.2) is 15.7 Å². The van der Waals surface area contributed by atoms with Crippen molar-refractivity contribution in [3.05, 3.63) is 52.6 Å². The summed E-state index contributed by atoms with van der Waals surface area (Å²) in [5.74, 6) is -0.798. The first-order chi connectivity index (χ1) is 8.58. The molecule has 0 aliphatic rings. The van der Waals surface area contributed by atoms with Crippen LogP contribution in [0.5, 0.6) is 0 Å². The molecule has 6 heteroatoms. The molecular formula is C12H11ClFN3O. The van der Waals surface area contributed by atoms with Crippen molar-refractivity contribution in [2.75, 3.05) is 0 Å². The van der Waals surface area contributed by atoms with E-state index in [1.54, 1.807) is 17.8 Å². The summed E-state index contributed by atoms with van der Waals surface area (Å²) in [6.07, 6.45) is 1.51. The Kier molecular flexibility index (Phi) is 3.62. The fourth-order valence-electron chi connectivity index (χ4n) is 1.53. The molecule has 94 valence electrons. The van der Waals surface area contributed by atoms with Crippen LogP contribution in [0, 0.1) is 5.82 Å². The van der Waals surface area contributed by atoms with Crippen molar-refractivity contribution in [3.63, 3.8) is 0 Å². The van der Waals surface area contributed by atoms with Crippen LogP contribution in [-0.2, 0) is 13.6 Å². The van der Waals surface area contributed by atoms with Gasteiger partial charge in [0.25, 0.3) is 5.91 Å². The number of halogens is 2. The summed E-state index contributed by atoms with van der Waals surface area (Å²) in [6, 6.07) is 5.50. The second-order valence-corrected chi connectivity index (χ2v) is 4.16. The number of aromatic nitrogens is 2. The van der Waals surface area contributed by atoms with Crippen LogP contribution in [0.2, 0.25) is 5.02 Å². The third-order valence-corrected chi connectivity index (χ3v) is 2.83. The van der Waals surface area contributed by atoms with E-state index < -0.39 is 5.82 Å². The van der Waals surface area contributed by atoms with Gasteiger partial charge in [-0.1, -0.05) is 17.7 Å². The lowest BCUT2D eigenvalue weighted by Gasteiger charge is -2.06. The Balaban J connectivity index is 2.05. The molecule has 1 aromatic heterocycles. The van der Waals surface area contributed by atoms with E-state index in [0.29, 0.717) is 10.7 Å². The molecule has 1 N–H and O–H groups in total. The maximum absolute atomic E-state index is 13.0. The van der Waals surface area contributed by atoms with Gasteiger partial charge in [-0.25, -0.2) is 4.39 Å². The Morgan fingerprint density at radius 1 is 1.56 bits per heavy atom. The van der Waals surface area contributed by atoms with Crippen LogP contribution >= 0.6 is 11.6 Å². The molecule has 1 heterocycles. The van der Waals surface area contributed by atoms with Gasteiger partial charge in [-0.15, -0.1) is 0 Å². The monoisotopic (exact) mass is 267 g/mol. The van der Waals surface area contributed by atoms with Gasteiger partial charge in [0, 0.05) is 12.6 Å². The quantitative estimate of drug-likeness (QED) is 0.926. The Hall–Kier alpha value is -1.88. The minimum absolute atomic E-state index is 0.241. The maximum atomic E-state index is 13.0. The lowest BCUT2D eigenvalue weighted by Crippen LogP contribution is -2.24. The normalized spacial score (nSPS) is 10.4. The van der Waals surface area contributed by atoms with Crippen molar-refractivity contribution in [1.82, 2.24) is 15.1 Å². The first-order valence-corrected chi connectivity index (χ1v) is 5.66. The molecule has 18 heavy (non-hydrogen) atoms. The Morgan fingerprint density at radius 2 is 2.33 bits per heavy atom. The number of amides is 1. The largest absolute Gasteiger partial charge is 0.346 e. The van der Waals surface area contributed by atoms with Crippen molar-refractivity contribution < 1.29 is 9.18 Å². The Labute approximate surface area is 108 Å². The number of hydrogen-bond donors (Lipinski definition) is 1. The third kappa shape index (κ3) is 2.68. The van der Waals surface area contributed by atoms with Crippen molar-refractivity contribution in [3.8, 4) is 0 Å². The van der Waals surface area contributed by atoms with E-state index in [0.717, 1.165) is 0 Å². The molecule has 1 aromatic carbocycles. The predicted molar refractivity (Wildman–Crippen MR) is 65.8 cm³/mol. The van der Waals surface area contributed by atoms with Gasteiger partial charge in [-0.05, 0) is 18.2 Å². The lowest BCUT2D eigenvalue weighted by atomic mass is 10.2. The van der Waals surface area contributed by atoms with Crippen LogP contribution in [0.25, 0.3) is 0 Å². The molecule has 0 saturated carbocycles. The van der Waals surface area contributed by atoms with Gasteiger partial charge < -0.3 is 5.32 Å². The van der Waals surface area contributed by atoms with Crippen molar-refractivity contribution in [2.24, 2.45) is 7.05 Å². The van der Waals surface area contributed by atoms with Crippen LogP contribution in [0.15, 0.2) is 30.5 Å². The smallest absolute Gasteiger partial charge is 0.251 e. The molecule has 1 amide bonds. The van der Waals surface area contributed by atoms with Gasteiger partial charge >= 0.3 is 0 Å². The molecule has 0 unspecified atom stereocenters. The van der Waals surface area contributed by atoms with Crippen molar-refractivity contribution >= 4 is 17.5 Å². The molecular weight excluding hydrogens is 257 g/mol. The summed E-state index contributed by atoms with van der Waals surface area (Å²) < 4.78 is 14.5. The summed E-state index contributed by atoms with van der Waals surface area (Å²) in [5.41, 5.74) is 0.967. The van der Waals surface area contributed by atoms with Gasteiger partial charge in [0.2, 0.25) is 0 Å². The van der Waals surface area contributed by atoms with E-state index in [1.165, 1.54) is 24.4 Å². The summed E-state index contributed by atoms with van der Waals surface area (Å²) in [7, 11) is 1.73. The molecule has 0 spiro atoms. The SMILES string of the molecule is Cn1ncc(Cl)c1CNC(=O)c1cccc(F)c1. The summed E-state index contributed by atoms with van der Waals surface area (Å²) >= 11 is 5.91. The summed E-state index contributed by atoms with van der Waals surface area (Å²) in [5, 5.41) is 7.10. The van der Waals surface area contributed by atoms with Crippen molar-refractivity contribution in [1.29, 1.82) is 0 Å². The highest BCUT2D eigenvalue weighted by Crippen LogP contribution is 2.13. The molecule has 0 aliphatic heterocycles. The van der Waals surface area contributed by atoms with E-state index in [1.807, 2.05) is 0 Å². The fourth-order valence-corrected chi connectivity index (χ4v) is 1.76. The zero-order valence-electron chi connectivity index (χ0n) is 9.65. The van der Waals surface area contributed by atoms with Gasteiger partial charge in [-0.3, -0.25) is 9.48 Å². The molecule has 0 radical (unpaired) electrons. The van der Waals surface area contributed by atoms with Crippen LogP contribution in [0.3, 0.4) is 0 Å². The standard InChI is InChI=1S/C12H11ClFN3O/c1-17-11(10(13)6-16-17)7-15-12(18)8-3-2-4-9(14)5-8/h2-6H,7H2,1H3,(H,15,18). The molecule has 0 atom stereocenters. The highest BCUT2D eigenvalue weighted by Gasteiger charge is 2.10. The summed E-state index contributed by atoms with van der Waals surface area (Å²) in [4.78, 5) is 11.8. The number of nitrogens with one attached hydrogen (secondary N) is 1. The minimum Gasteiger partial charge on any atom is -0.346 e. The second kappa shape index (κ2) is 5.18. The van der Waals surface area contributed by atoms with E-state index >= 15 is 0 Å². The molecule has 0 bridgehead atoms. The number of carbonyl (C=O) groups is 1. The number of carbonyl (C=O) groups excluding carboxylic acids is 1. The fraction of sp³-hybridized carbons (Fsp3) is 0.167. The number of benzene rings is 1. The van der Waals surface area contributed by atoms with Gasteiger partial charge in [0.15, 0.2) is 0 Å². The lowest BCUT2D eigenvalue weighted by molar-refractivity contribution is 0.0949. The number of nitrogens with zero attached hydrogens (tertiary/aromatic N) is 2. The van der Waals surface area contributed by atoms with Crippen LogP contribution in [0.4, 0.5) is 4.39 Å². The Bertz CT molecular complexity index is 563. The first-order valence-electron chi connectivity index (χ1n) is 5.28. The zero-order valence-corrected chi connectivity index (χ0v) is 10.4. The highest BCUT2D eigenvalue weighted by atomic mass is 35.5. The van der Waals surface area contributed by atoms with Gasteiger partial charge in [0.05, 0.1) is 23.5 Å². The van der Waals surface area contributed by atoms with E-state index in [9.17, 15) is 9.18 Å².